The molecule has 0 radical (unpaired) electrons. The summed E-state index contributed by atoms with van der Waals surface area (Å²) in [6, 6.07) is 19.1. The first-order valence-electron chi connectivity index (χ1n) is 12.8. The molecular formula is C31H36O5. The SMILES string of the molecule is C=C(C)C(=O)OCCCCCCc1ccc2cc(C(=O)Oc3ccc(OCCCC)cc3)ccc2c1. The average Bonchev–Trinajstić information content (AvgIpc) is 2.88. The van der Waals surface area contributed by atoms with Crippen LogP contribution in [0.2, 0.25) is 0 Å². The number of unbranched alkanes of at least 4 members (excludes halogenated alkanes) is 4. The Bertz CT molecular complexity index is 1160. The van der Waals surface area contributed by atoms with Gasteiger partial charge in [-0.05, 0) is 85.3 Å². The van der Waals surface area contributed by atoms with Crippen LogP contribution in [0.1, 0.15) is 68.3 Å². The average molecular weight is 489 g/mol. The molecule has 0 bridgehead atoms. The second-order valence-corrected chi connectivity index (χ2v) is 9.04. The van der Waals surface area contributed by atoms with Gasteiger partial charge >= 0.3 is 11.9 Å². The summed E-state index contributed by atoms with van der Waals surface area (Å²) in [5, 5.41) is 2.11. The van der Waals surface area contributed by atoms with E-state index < -0.39 is 0 Å². The van der Waals surface area contributed by atoms with E-state index >= 15 is 0 Å². The van der Waals surface area contributed by atoms with Gasteiger partial charge in [0.1, 0.15) is 11.5 Å². The van der Waals surface area contributed by atoms with Crippen LogP contribution < -0.4 is 9.47 Å². The van der Waals surface area contributed by atoms with Gasteiger partial charge in [0.15, 0.2) is 0 Å². The third kappa shape index (κ3) is 8.56. The number of ether oxygens (including phenoxy) is 3. The Balaban J connectivity index is 1.46. The number of fused-ring (bicyclic) bond motifs is 1. The Morgan fingerprint density at radius 2 is 1.47 bits per heavy atom. The lowest BCUT2D eigenvalue weighted by molar-refractivity contribution is -0.139. The van der Waals surface area contributed by atoms with Crippen LogP contribution in [-0.4, -0.2) is 25.2 Å². The molecule has 0 aliphatic heterocycles. The van der Waals surface area contributed by atoms with Gasteiger partial charge < -0.3 is 14.2 Å². The number of hydrogen-bond acceptors (Lipinski definition) is 5. The summed E-state index contributed by atoms with van der Waals surface area (Å²) >= 11 is 0. The number of benzene rings is 3. The first-order chi connectivity index (χ1) is 17.5. The minimum atomic E-state index is -0.380. The molecule has 0 saturated carbocycles. The molecule has 0 aliphatic rings. The minimum absolute atomic E-state index is 0.315. The summed E-state index contributed by atoms with van der Waals surface area (Å²) in [5.74, 6) is 0.570. The van der Waals surface area contributed by atoms with Crippen LogP contribution >= 0.6 is 0 Å². The van der Waals surface area contributed by atoms with Crippen molar-refractivity contribution in [2.45, 2.75) is 58.8 Å². The smallest absolute Gasteiger partial charge is 0.343 e. The second-order valence-electron chi connectivity index (χ2n) is 9.04. The van der Waals surface area contributed by atoms with Gasteiger partial charge in [-0.2, -0.15) is 0 Å². The molecule has 0 fully saturated rings. The number of esters is 2. The molecule has 5 heteroatoms. The Hall–Kier alpha value is -3.60. The van der Waals surface area contributed by atoms with Gasteiger partial charge in [0, 0.05) is 5.57 Å². The summed E-state index contributed by atoms with van der Waals surface area (Å²) in [4.78, 5) is 24.0. The van der Waals surface area contributed by atoms with E-state index in [1.54, 1.807) is 19.1 Å². The Labute approximate surface area is 214 Å². The molecule has 190 valence electrons. The molecule has 36 heavy (non-hydrogen) atoms. The Morgan fingerprint density at radius 3 is 2.22 bits per heavy atom. The molecule has 0 unspecified atom stereocenters. The zero-order valence-corrected chi connectivity index (χ0v) is 21.4. The highest BCUT2D eigenvalue weighted by Crippen LogP contribution is 2.22. The summed E-state index contributed by atoms with van der Waals surface area (Å²) in [6.45, 7) is 8.49. The quantitative estimate of drug-likeness (QED) is 0.102. The minimum Gasteiger partial charge on any atom is -0.494 e. The summed E-state index contributed by atoms with van der Waals surface area (Å²) in [6.07, 6.45) is 7.14. The highest BCUT2D eigenvalue weighted by molar-refractivity contribution is 5.96. The fourth-order valence-corrected chi connectivity index (χ4v) is 3.75. The third-order valence-corrected chi connectivity index (χ3v) is 5.88. The lowest BCUT2D eigenvalue weighted by Crippen LogP contribution is -2.08. The predicted octanol–water partition coefficient (Wildman–Crippen LogP) is 7.46. The molecule has 0 spiro atoms. The first-order valence-corrected chi connectivity index (χ1v) is 12.8. The molecular weight excluding hydrogens is 452 g/mol. The van der Waals surface area contributed by atoms with Gasteiger partial charge in [-0.15, -0.1) is 0 Å². The molecule has 0 N–H and O–H groups in total. The van der Waals surface area contributed by atoms with Crippen molar-refractivity contribution in [1.82, 2.24) is 0 Å². The first kappa shape index (κ1) is 27.0. The zero-order valence-electron chi connectivity index (χ0n) is 21.4. The molecule has 0 amide bonds. The maximum atomic E-state index is 12.7. The van der Waals surface area contributed by atoms with Crippen LogP contribution in [0.4, 0.5) is 0 Å². The monoisotopic (exact) mass is 488 g/mol. The van der Waals surface area contributed by atoms with Crippen molar-refractivity contribution in [3.8, 4) is 11.5 Å². The van der Waals surface area contributed by atoms with Crippen molar-refractivity contribution in [2.75, 3.05) is 13.2 Å². The number of rotatable bonds is 14. The molecule has 5 nitrogen and oxygen atoms in total. The Morgan fingerprint density at radius 1 is 0.778 bits per heavy atom. The molecule has 3 aromatic carbocycles. The van der Waals surface area contributed by atoms with E-state index in [0.717, 1.165) is 61.5 Å². The summed E-state index contributed by atoms with van der Waals surface area (Å²) in [5.41, 5.74) is 2.23. The van der Waals surface area contributed by atoms with E-state index in [4.69, 9.17) is 14.2 Å². The van der Waals surface area contributed by atoms with E-state index in [1.165, 1.54) is 5.56 Å². The van der Waals surface area contributed by atoms with E-state index in [2.05, 4.69) is 31.7 Å². The van der Waals surface area contributed by atoms with E-state index in [-0.39, 0.29) is 11.9 Å². The van der Waals surface area contributed by atoms with Gasteiger partial charge in [-0.25, -0.2) is 9.59 Å². The number of carbonyl (C=O) groups is 2. The van der Waals surface area contributed by atoms with Gasteiger partial charge in [0.2, 0.25) is 0 Å². The number of carbonyl (C=O) groups excluding carboxylic acids is 2. The lowest BCUT2D eigenvalue weighted by atomic mass is 10.0. The third-order valence-electron chi connectivity index (χ3n) is 5.88. The second kappa shape index (κ2) is 14.1. The maximum absolute atomic E-state index is 12.7. The molecule has 0 saturated heterocycles. The van der Waals surface area contributed by atoms with Crippen molar-refractivity contribution in [1.29, 1.82) is 0 Å². The standard InChI is InChI=1S/C31H36O5/c1-4-5-19-34-28-15-17-29(18-16-28)36-31(33)27-14-13-25-21-24(11-12-26(25)22-27)10-8-6-7-9-20-35-30(32)23(2)3/h11-18,21-22H,2,4-10,19-20H2,1,3H3. The fourth-order valence-electron chi connectivity index (χ4n) is 3.75. The van der Waals surface area contributed by atoms with Crippen LogP contribution in [0.25, 0.3) is 10.8 Å². The van der Waals surface area contributed by atoms with Crippen molar-refractivity contribution in [2.24, 2.45) is 0 Å². The van der Waals surface area contributed by atoms with Crippen LogP contribution in [0, 0.1) is 0 Å². The largest absolute Gasteiger partial charge is 0.494 e. The van der Waals surface area contributed by atoms with Crippen molar-refractivity contribution in [3.05, 3.63) is 83.9 Å². The zero-order chi connectivity index (χ0) is 25.8. The van der Waals surface area contributed by atoms with E-state index in [9.17, 15) is 9.59 Å². The lowest BCUT2D eigenvalue weighted by Gasteiger charge is -2.09. The topological polar surface area (TPSA) is 61.8 Å². The van der Waals surface area contributed by atoms with E-state index in [1.807, 2.05) is 30.3 Å². The van der Waals surface area contributed by atoms with Crippen molar-refractivity contribution in [3.63, 3.8) is 0 Å². The number of aryl methyl sites for hydroxylation is 1. The molecule has 3 rings (SSSR count). The van der Waals surface area contributed by atoms with Crippen LogP contribution in [0.15, 0.2) is 72.8 Å². The highest BCUT2D eigenvalue weighted by Gasteiger charge is 2.10. The number of hydrogen-bond donors (Lipinski definition) is 0. The van der Waals surface area contributed by atoms with Crippen LogP contribution in [0.3, 0.4) is 0 Å². The van der Waals surface area contributed by atoms with Gasteiger partial charge in [-0.3, -0.25) is 0 Å². The molecule has 0 aliphatic carbocycles. The summed E-state index contributed by atoms with van der Waals surface area (Å²) < 4.78 is 16.3. The van der Waals surface area contributed by atoms with Crippen molar-refractivity contribution < 1.29 is 23.8 Å². The van der Waals surface area contributed by atoms with E-state index in [0.29, 0.717) is 30.1 Å². The van der Waals surface area contributed by atoms with Gasteiger partial charge in [-0.1, -0.05) is 57.0 Å². The predicted molar refractivity (Wildman–Crippen MR) is 144 cm³/mol. The fraction of sp³-hybridized carbons (Fsp3) is 0.355. The molecule has 3 aromatic rings. The van der Waals surface area contributed by atoms with Crippen LogP contribution in [0.5, 0.6) is 11.5 Å². The maximum Gasteiger partial charge on any atom is 0.343 e. The molecule has 0 atom stereocenters. The summed E-state index contributed by atoms with van der Waals surface area (Å²) in [7, 11) is 0. The van der Waals surface area contributed by atoms with Gasteiger partial charge in [0.05, 0.1) is 18.8 Å². The molecule has 0 heterocycles. The molecule has 0 aromatic heterocycles. The normalized spacial score (nSPS) is 10.7. The van der Waals surface area contributed by atoms with Gasteiger partial charge in [0.25, 0.3) is 0 Å². The van der Waals surface area contributed by atoms with Crippen LogP contribution in [-0.2, 0) is 16.0 Å². The Kier molecular flexibility index (Phi) is 10.6. The van der Waals surface area contributed by atoms with Crippen molar-refractivity contribution >= 4 is 22.7 Å². The highest BCUT2D eigenvalue weighted by atomic mass is 16.5.